The normalized spacial score (nSPS) is 18.1. The third-order valence-electron chi connectivity index (χ3n) is 3.60. The predicted octanol–water partition coefficient (Wildman–Crippen LogP) is 1.24. The Labute approximate surface area is 118 Å². The van der Waals surface area contributed by atoms with Crippen LogP contribution in [0.1, 0.15) is 18.4 Å². The monoisotopic (exact) mass is 270 g/mol. The molecule has 1 aromatic heterocycles. The number of benzene rings is 1. The average Bonchev–Trinajstić information content (AvgIpc) is 3.17. The minimum absolute atomic E-state index is 0.0320. The number of hydrogen-bond donors (Lipinski definition) is 2. The molecule has 1 atom stereocenters. The topological polar surface area (TPSA) is 59.0 Å². The molecule has 2 heterocycles. The summed E-state index contributed by atoms with van der Waals surface area (Å²) in [5.74, 6) is 0.0861. The smallest absolute Gasteiger partial charge is 0.237 e. The summed E-state index contributed by atoms with van der Waals surface area (Å²) in [5.41, 5.74) is 2.13. The summed E-state index contributed by atoms with van der Waals surface area (Å²) in [6.07, 6.45) is 7.41. The highest BCUT2D eigenvalue weighted by Crippen LogP contribution is 2.14. The fraction of sp³-hybridized carbons (Fsp3) is 0.333. The molecule has 104 valence electrons. The molecule has 0 saturated carbocycles. The number of imidazole rings is 1. The number of hydrogen-bond acceptors (Lipinski definition) is 3. The molecular weight excluding hydrogens is 252 g/mol. The van der Waals surface area contributed by atoms with E-state index < -0.39 is 0 Å². The van der Waals surface area contributed by atoms with E-state index in [4.69, 9.17) is 0 Å². The van der Waals surface area contributed by atoms with Gasteiger partial charge in [0, 0.05) is 18.9 Å². The third kappa shape index (κ3) is 2.72. The van der Waals surface area contributed by atoms with Gasteiger partial charge in [-0.05, 0) is 31.0 Å². The molecular formula is C15H18N4O. The van der Waals surface area contributed by atoms with E-state index in [9.17, 15) is 4.79 Å². The van der Waals surface area contributed by atoms with E-state index in [1.807, 2.05) is 35.0 Å². The molecule has 3 rings (SSSR count). The van der Waals surface area contributed by atoms with Gasteiger partial charge in [0.1, 0.15) is 0 Å². The highest BCUT2D eigenvalue weighted by molar-refractivity contribution is 5.82. The largest absolute Gasteiger partial charge is 0.351 e. The molecule has 1 aliphatic heterocycles. The summed E-state index contributed by atoms with van der Waals surface area (Å²) >= 11 is 0. The second-order valence-electron chi connectivity index (χ2n) is 4.97. The summed E-state index contributed by atoms with van der Waals surface area (Å²) in [5, 5.41) is 6.22. The zero-order valence-electron chi connectivity index (χ0n) is 11.2. The Morgan fingerprint density at radius 1 is 1.45 bits per heavy atom. The van der Waals surface area contributed by atoms with Crippen molar-refractivity contribution in [2.24, 2.45) is 0 Å². The molecule has 0 radical (unpaired) electrons. The second kappa shape index (κ2) is 5.88. The molecule has 1 aromatic carbocycles. The minimum Gasteiger partial charge on any atom is -0.351 e. The van der Waals surface area contributed by atoms with Crippen molar-refractivity contribution >= 4 is 5.91 Å². The van der Waals surface area contributed by atoms with E-state index >= 15 is 0 Å². The summed E-state index contributed by atoms with van der Waals surface area (Å²) in [7, 11) is 0. The maximum absolute atomic E-state index is 12.0. The van der Waals surface area contributed by atoms with Crippen molar-refractivity contribution in [2.45, 2.75) is 25.4 Å². The summed E-state index contributed by atoms with van der Waals surface area (Å²) in [6, 6.07) is 7.99. The van der Waals surface area contributed by atoms with Crippen LogP contribution in [-0.4, -0.2) is 28.0 Å². The average molecular weight is 270 g/mol. The van der Waals surface area contributed by atoms with Crippen molar-refractivity contribution in [3.63, 3.8) is 0 Å². The van der Waals surface area contributed by atoms with Crippen LogP contribution in [0.3, 0.4) is 0 Å². The Balaban J connectivity index is 1.70. The van der Waals surface area contributed by atoms with Gasteiger partial charge in [0.15, 0.2) is 0 Å². The molecule has 1 aliphatic rings. The zero-order valence-corrected chi connectivity index (χ0v) is 11.2. The number of aromatic nitrogens is 2. The van der Waals surface area contributed by atoms with Crippen LogP contribution < -0.4 is 10.6 Å². The Kier molecular flexibility index (Phi) is 3.78. The lowest BCUT2D eigenvalue weighted by Crippen LogP contribution is -2.40. The van der Waals surface area contributed by atoms with Gasteiger partial charge in [-0.25, -0.2) is 4.98 Å². The van der Waals surface area contributed by atoms with Crippen molar-refractivity contribution in [3.05, 3.63) is 48.5 Å². The number of carbonyl (C=O) groups is 1. The van der Waals surface area contributed by atoms with Gasteiger partial charge in [0.25, 0.3) is 0 Å². The lowest BCUT2D eigenvalue weighted by Gasteiger charge is -2.14. The second-order valence-corrected chi connectivity index (χ2v) is 4.97. The first-order chi connectivity index (χ1) is 9.84. The minimum atomic E-state index is -0.0320. The van der Waals surface area contributed by atoms with Crippen LogP contribution in [0.4, 0.5) is 0 Å². The standard InChI is InChI=1S/C15H18N4O/c20-15(13-5-3-7-17-13)18-10-12-4-1-2-6-14(12)19-9-8-16-11-19/h1-2,4,6,8-9,11,13,17H,3,5,7,10H2,(H,18,20). The quantitative estimate of drug-likeness (QED) is 0.879. The number of nitrogens with one attached hydrogen (secondary N) is 2. The van der Waals surface area contributed by atoms with Gasteiger partial charge in [-0.2, -0.15) is 0 Å². The van der Waals surface area contributed by atoms with Gasteiger partial charge >= 0.3 is 0 Å². The van der Waals surface area contributed by atoms with E-state index in [2.05, 4.69) is 15.6 Å². The van der Waals surface area contributed by atoms with Crippen LogP contribution in [0.2, 0.25) is 0 Å². The predicted molar refractivity (Wildman–Crippen MR) is 76.4 cm³/mol. The summed E-state index contributed by atoms with van der Waals surface area (Å²) in [6.45, 7) is 1.47. The van der Waals surface area contributed by atoms with Crippen molar-refractivity contribution < 1.29 is 4.79 Å². The number of nitrogens with zero attached hydrogens (tertiary/aromatic N) is 2. The molecule has 0 aliphatic carbocycles. The molecule has 5 nitrogen and oxygen atoms in total. The molecule has 2 N–H and O–H groups in total. The first-order valence-corrected chi connectivity index (χ1v) is 6.92. The van der Waals surface area contributed by atoms with Crippen LogP contribution in [0, 0.1) is 0 Å². The molecule has 2 aromatic rings. The molecule has 5 heteroatoms. The maximum Gasteiger partial charge on any atom is 0.237 e. The Bertz CT molecular complexity index is 573. The molecule has 0 spiro atoms. The summed E-state index contributed by atoms with van der Waals surface area (Å²) in [4.78, 5) is 16.1. The highest BCUT2D eigenvalue weighted by Gasteiger charge is 2.21. The molecule has 1 fully saturated rings. The lowest BCUT2D eigenvalue weighted by atomic mass is 10.1. The highest BCUT2D eigenvalue weighted by atomic mass is 16.2. The van der Waals surface area contributed by atoms with E-state index in [1.54, 1.807) is 12.5 Å². The van der Waals surface area contributed by atoms with Crippen LogP contribution in [-0.2, 0) is 11.3 Å². The molecule has 1 unspecified atom stereocenters. The fourth-order valence-corrected chi connectivity index (χ4v) is 2.53. The molecule has 1 amide bonds. The number of rotatable bonds is 4. The van der Waals surface area contributed by atoms with Crippen LogP contribution in [0.5, 0.6) is 0 Å². The van der Waals surface area contributed by atoms with E-state index in [-0.39, 0.29) is 11.9 Å². The van der Waals surface area contributed by atoms with Crippen molar-refractivity contribution in [1.82, 2.24) is 20.2 Å². The molecule has 1 saturated heterocycles. The van der Waals surface area contributed by atoms with Crippen LogP contribution in [0.15, 0.2) is 43.0 Å². The molecule has 20 heavy (non-hydrogen) atoms. The van der Waals surface area contributed by atoms with Gasteiger partial charge in [-0.15, -0.1) is 0 Å². The Morgan fingerprint density at radius 2 is 2.35 bits per heavy atom. The maximum atomic E-state index is 12.0. The van der Waals surface area contributed by atoms with Gasteiger partial charge in [0.2, 0.25) is 5.91 Å². The fourth-order valence-electron chi connectivity index (χ4n) is 2.53. The van der Waals surface area contributed by atoms with Gasteiger partial charge in [-0.1, -0.05) is 18.2 Å². The Hall–Kier alpha value is -2.14. The van der Waals surface area contributed by atoms with Crippen molar-refractivity contribution in [3.8, 4) is 5.69 Å². The first kappa shape index (κ1) is 12.9. The number of para-hydroxylation sites is 1. The lowest BCUT2D eigenvalue weighted by molar-refractivity contribution is -0.122. The zero-order chi connectivity index (χ0) is 13.8. The van der Waals surface area contributed by atoms with Gasteiger partial charge in [0.05, 0.1) is 18.1 Å². The van der Waals surface area contributed by atoms with E-state index in [0.717, 1.165) is 30.6 Å². The van der Waals surface area contributed by atoms with Crippen molar-refractivity contribution in [1.29, 1.82) is 0 Å². The van der Waals surface area contributed by atoms with E-state index in [0.29, 0.717) is 6.54 Å². The number of amides is 1. The molecule has 0 bridgehead atoms. The Morgan fingerprint density at radius 3 is 3.10 bits per heavy atom. The van der Waals surface area contributed by atoms with Crippen LogP contribution in [0.25, 0.3) is 5.69 Å². The third-order valence-corrected chi connectivity index (χ3v) is 3.60. The van der Waals surface area contributed by atoms with Crippen LogP contribution >= 0.6 is 0 Å². The van der Waals surface area contributed by atoms with Gasteiger partial charge < -0.3 is 15.2 Å². The summed E-state index contributed by atoms with van der Waals surface area (Å²) < 4.78 is 1.95. The van der Waals surface area contributed by atoms with Crippen molar-refractivity contribution in [2.75, 3.05) is 6.54 Å². The first-order valence-electron chi connectivity index (χ1n) is 6.92. The SMILES string of the molecule is O=C(NCc1ccccc1-n1ccnc1)C1CCCN1. The number of carbonyl (C=O) groups excluding carboxylic acids is 1. The van der Waals surface area contributed by atoms with E-state index in [1.165, 1.54) is 0 Å². The van der Waals surface area contributed by atoms with Gasteiger partial charge in [-0.3, -0.25) is 4.79 Å².